The normalized spacial score (nSPS) is 13.4. The van der Waals surface area contributed by atoms with Crippen molar-refractivity contribution in [2.75, 3.05) is 11.1 Å². The molecule has 2 aromatic rings. The van der Waals surface area contributed by atoms with Crippen LogP contribution in [0.15, 0.2) is 53.4 Å². The van der Waals surface area contributed by atoms with E-state index in [-0.39, 0.29) is 16.5 Å². The summed E-state index contributed by atoms with van der Waals surface area (Å²) in [6.45, 7) is 1.54. The average molecular weight is 306 g/mol. The molecule has 0 bridgehead atoms. The van der Waals surface area contributed by atoms with Crippen LogP contribution in [0.5, 0.6) is 0 Å². The predicted molar refractivity (Wildman–Crippen MR) is 81.8 cm³/mol. The van der Waals surface area contributed by atoms with Crippen molar-refractivity contribution in [3.8, 4) is 0 Å². The molecule has 1 amide bonds. The molecule has 0 aromatic heterocycles. The maximum absolute atomic E-state index is 13.0. The molecule has 0 aliphatic carbocycles. The van der Waals surface area contributed by atoms with Crippen molar-refractivity contribution in [3.05, 3.63) is 54.3 Å². The zero-order valence-electron chi connectivity index (χ0n) is 11.4. The highest BCUT2D eigenvalue weighted by Gasteiger charge is 2.23. The standard InChI is InChI=1S/C15H15FN2O2S/c1-10(15(19)18-12-5-3-2-4-6-12)21(20)14-8-7-11(16)9-13(14)17/h2-10H,17H2,1H3,(H,18,19). The number of benzene rings is 2. The number of carbonyl (C=O) groups excluding carboxylic acids is 1. The summed E-state index contributed by atoms with van der Waals surface area (Å²) in [4.78, 5) is 12.3. The number of hydrogen-bond acceptors (Lipinski definition) is 3. The van der Waals surface area contributed by atoms with Gasteiger partial charge in [0.15, 0.2) is 0 Å². The maximum Gasteiger partial charge on any atom is 0.240 e. The zero-order chi connectivity index (χ0) is 15.4. The average Bonchev–Trinajstić information content (AvgIpc) is 2.47. The van der Waals surface area contributed by atoms with E-state index in [0.717, 1.165) is 6.07 Å². The van der Waals surface area contributed by atoms with E-state index in [2.05, 4.69) is 5.32 Å². The summed E-state index contributed by atoms with van der Waals surface area (Å²) in [6, 6.07) is 12.5. The largest absolute Gasteiger partial charge is 0.398 e. The van der Waals surface area contributed by atoms with Crippen LogP contribution in [0, 0.1) is 5.82 Å². The Labute approximate surface area is 124 Å². The van der Waals surface area contributed by atoms with Crippen LogP contribution in [0.3, 0.4) is 0 Å². The first-order chi connectivity index (χ1) is 9.99. The maximum atomic E-state index is 13.0. The number of nitrogens with two attached hydrogens (primary N) is 1. The van der Waals surface area contributed by atoms with Gasteiger partial charge in [-0.05, 0) is 37.3 Å². The molecule has 21 heavy (non-hydrogen) atoms. The Kier molecular flexibility index (Phi) is 4.70. The molecule has 0 aliphatic rings. The van der Waals surface area contributed by atoms with Crippen molar-refractivity contribution in [2.24, 2.45) is 0 Å². The Bertz CT molecular complexity index is 677. The summed E-state index contributed by atoms with van der Waals surface area (Å²) >= 11 is 0. The first-order valence-electron chi connectivity index (χ1n) is 6.30. The van der Waals surface area contributed by atoms with Crippen LogP contribution < -0.4 is 11.1 Å². The second kappa shape index (κ2) is 6.49. The van der Waals surface area contributed by atoms with Gasteiger partial charge < -0.3 is 11.1 Å². The number of amides is 1. The van der Waals surface area contributed by atoms with Crippen molar-refractivity contribution >= 4 is 28.1 Å². The predicted octanol–water partition coefficient (Wildman–Crippen LogP) is 2.54. The van der Waals surface area contributed by atoms with E-state index in [1.165, 1.54) is 19.1 Å². The highest BCUT2D eigenvalue weighted by molar-refractivity contribution is 7.86. The first-order valence-corrected chi connectivity index (χ1v) is 7.52. The van der Waals surface area contributed by atoms with Gasteiger partial charge in [-0.15, -0.1) is 0 Å². The lowest BCUT2D eigenvalue weighted by molar-refractivity contribution is -0.115. The molecule has 0 fully saturated rings. The number of para-hydroxylation sites is 1. The van der Waals surface area contributed by atoms with Gasteiger partial charge in [-0.25, -0.2) is 4.39 Å². The molecule has 110 valence electrons. The van der Waals surface area contributed by atoms with E-state index in [9.17, 15) is 13.4 Å². The third-order valence-electron chi connectivity index (χ3n) is 2.92. The molecule has 0 radical (unpaired) electrons. The third kappa shape index (κ3) is 3.66. The Hall–Kier alpha value is -2.21. The van der Waals surface area contributed by atoms with Crippen LogP contribution in [0.25, 0.3) is 0 Å². The number of halogens is 1. The fourth-order valence-corrected chi connectivity index (χ4v) is 2.88. The molecule has 6 heteroatoms. The summed E-state index contributed by atoms with van der Waals surface area (Å²) in [7, 11) is -1.66. The van der Waals surface area contributed by atoms with Crippen molar-refractivity contribution in [1.82, 2.24) is 0 Å². The molecule has 0 spiro atoms. The summed E-state index contributed by atoms with van der Waals surface area (Å²) < 4.78 is 25.4. The Morgan fingerprint density at radius 2 is 1.90 bits per heavy atom. The van der Waals surface area contributed by atoms with Gasteiger partial charge in [0.1, 0.15) is 11.1 Å². The number of hydrogen-bond donors (Lipinski definition) is 2. The molecule has 0 saturated carbocycles. The van der Waals surface area contributed by atoms with Gasteiger partial charge in [0.05, 0.1) is 21.4 Å². The Morgan fingerprint density at radius 3 is 2.52 bits per heavy atom. The van der Waals surface area contributed by atoms with Gasteiger partial charge in [-0.1, -0.05) is 18.2 Å². The van der Waals surface area contributed by atoms with E-state index in [1.807, 2.05) is 6.07 Å². The quantitative estimate of drug-likeness (QED) is 0.853. The number of nitrogens with one attached hydrogen (secondary N) is 1. The van der Waals surface area contributed by atoms with Gasteiger partial charge in [0.2, 0.25) is 5.91 Å². The van der Waals surface area contributed by atoms with E-state index in [0.29, 0.717) is 5.69 Å². The summed E-state index contributed by atoms with van der Waals surface area (Å²) in [5, 5.41) is 1.87. The molecule has 0 heterocycles. The monoisotopic (exact) mass is 306 g/mol. The number of anilines is 2. The number of nitrogen functional groups attached to an aromatic ring is 1. The molecular formula is C15H15FN2O2S. The molecule has 3 N–H and O–H groups in total. The van der Waals surface area contributed by atoms with Crippen LogP contribution in [0.2, 0.25) is 0 Å². The molecule has 4 nitrogen and oxygen atoms in total. The van der Waals surface area contributed by atoms with E-state index >= 15 is 0 Å². The minimum atomic E-state index is -1.66. The first kappa shape index (κ1) is 15.2. The minimum Gasteiger partial charge on any atom is -0.398 e. The third-order valence-corrected chi connectivity index (χ3v) is 4.58. The molecular weight excluding hydrogens is 291 g/mol. The van der Waals surface area contributed by atoms with Crippen molar-refractivity contribution in [2.45, 2.75) is 17.1 Å². The second-order valence-electron chi connectivity index (χ2n) is 4.48. The number of rotatable bonds is 4. The van der Waals surface area contributed by atoms with Gasteiger partial charge in [-0.3, -0.25) is 9.00 Å². The summed E-state index contributed by atoms with van der Waals surface area (Å²) in [5.41, 5.74) is 6.35. The SMILES string of the molecule is CC(C(=O)Nc1ccccc1)S(=O)c1ccc(F)cc1N. The van der Waals surface area contributed by atoms with Crippen molar-refractivity contribution < 1.29 is 13.4 Å². The lowest BCUT2D eigenvalue weighted by Crippen LogP contribution is -2.29. The van der Waals surface area contributed by atoms with E-state index < -0.39 is 21.9 Å². The molecule has 2 aromatic carbocycles. The van der Waals surface area contributed by atoms with Gasteiger partial charge >= 0.3 is 0 Å². The molecule has 0 saturated heterocycles. The Balaban J connectivity index is 2.13. The van der Waals surface area contributed by atoms with Gasteiger partial charge in [0, 0.05) is 5.69 Å². The van der Waals surface area contributed by atoms with Crippen molar-refractivity contribution in [1.29, 1.82) is 0 Å². The van der Waals surface area contributed by atoms with Crippen LogP contribution in [0.4, 0.5) is 15.8 Å². The lowest BCUT2D eigenvalue weighted by atomic mass is 10.3. The fourth-order valence-electron chi connectivity index (χ4n) is 1.76. The lowest BCUT2D eigenvalue weighted by Gasteiger charge is -2.13. The number of carbonyl (C=O) groups is 1. The van der Waals surface area contributed by atoms with Crippen LogP contribution >= 0.6 is 0 Å². The highest BCUT2D eigenvalue weighted by Crippen LogP contribution is 2.21. The topological polar surface area (TPSA) is 72.2 Å². The minimum absolute atomic E-state index is 0.0766. The Morgan fingerprint density at radius 1 is 1.24 bits per heavy atom. The molecule has 2 rings (SSSR count). The summed E-state index contributed by atoms with van der Waals surface area (Å²) in [5.74, 6) is -0.891. The second-order valence-corrected chi connectivity index (χ2v) is 6.22. The van der Waals surface area contributed by atoms with Gasteiger partial charge in [0.25, 0.3) is 0 Å². The van der Waals surface area contributed by atoms with E-state index in [4.69, 9.17) is 5.73 Å². The summed E-state index contributed by atoms with van der Waals surface area (Å²) in [6.07, 6.45) is 0. The zero-order valence-corrected chi connectivity index (χ0v) is 12.2. The van der Waals surface area contributed by atoms with Gasteiger partial charge in [-0.2, -0.15) is 0 Å². The molecule has 2 atom stereocenters. The van der Waals surface area contributed by atoms with Crippen LogP contribution in [-0.2, 0) is 15.6 Å². The molecule has 2 unspecified atom stereocenters. The van der Waals surface area contributed by atoms with Crippen LogP contribution in [0.1, 0.15) is 6.92 Å². The highest BCUT2D eigenvalue weighted by atomic mass is 32.2. The van der Waals surface area contributed by atoms with Crippen molar-refractivity contribution in [3.63, 3.8) is 0 Å². The molecule has 0 aliphatic heterocycles. The van der Waals surface area contributed by atoms with E-state index in [1.54, 1.807) is 24.3 Å². The fraction of sp³-hybridized carbons (Fsp3) is 0.133. The smallest absolute Gasteiger partial charge is 0.240 e. The van der Waals surface area contributed by atoms with Crippen LogP contribution in [-0.4, -0.2) is 15.4 Å².